The molecule has 0 aliphatic rings. The highest BCUT2D eigenvalue weighted by Crippen LogP contribution is 2.27. The second-order valence-electron chi connectivity index (χ2n) is 7.00. The van der Waals surface area contributed by atoms with Gasteiger partial charge in [0, 0.05) is 11.1 Å². The van der Waals surface area contributed by atoms with E-state index in [1.54, 1.807) is 42.6 Å². The molecule has 4 rings (SSSR count). The molecule has 3 aromatic carbocycles. The summed E-state index contributed by atoms with van der Waals surface area (Å²) in [4.78, 5) is 16.5. The average molecular weight is 445 g/mol. The van der Waals surface area contributed by atoms with E-state index in [1.807, 2.05) is 60.7 Å². The van der Waals surface area contributed by atoms with Gasteiger partial charge in [-0.1, -0.05) is 72.3 Å². The zero-order valence-corrected chi connectivity index (χ0v) is 17.9. The van der Waals surface area contributed by atoms with Gasteiger partial charge in [-0.2, -0.15) is 0 Å². The minimum Gasteiger partial charge on any atom is -0.484 e. The number of anilines is 1. The largest absolute Gasteiger partial charge is 0.484 e. The Bertz CT molecular complexity index is 1100. The molecule has 1 aromatic heterocycles. The Morgan fingerprint density at radius 2 is 1.47 bits per heavy atom. The lowest BCUT2D eigenvalue weighted by atomic mass is 10.0. The molecule has 0 aliphatic carbocycles. The molecule has 6 heteroatoms. The maximum Gasteiger partial charge on any atom is 0.262 e. The van der Waals surface area contributed by atoms with Crippen molar-refractivity contribution in [3.63, 3.8) is 0 Å². The molecule has 0 aliphatic heterocycles. The van der Waals surface area contributed by atoms with Crippen LogP contribution in [0.5, 0.6) is 11.6 Å². The Morgan fingerprint density at radius 3 is 2.03 bits per heavy atom. The van der Waals surface area contributed by atoms with Gasteiger partial charge < -0.3 is 14.8 Å². The van der Waals surface area contributed by atoms with E-state index in [1.165, 1.54) is 0 Å². The summed E-state index contributed by atoms with van der Waals surface area (Å²) >= 11 is 5.84. The summed E-state index contributed by atoms with van der Waals surface area (Å²) in [6.45, 7) is -0.121. The molecule has 0 radical (unpaired) electrons. The van der Waals surface area contributed by atoms with Crippen LogP contribution < -0.4 is 14.8 Å². The summed E-state index contributed by atoms with van der Waals surface area (Å²) < 4.78 is 11.7. The number of pyridine rings is 1. The molecule has 0 saturated carbocycles. The van der Waals surface area contributed by atoms with Crippen LogP contribution in [0.15, 0.2) is 103 Å². The van der Waals surface area contributed by atoms with Gasteiger partial charge in [-0.05, 0) is 41.5 Å². The summed E-state index contributed by atoms with van der Waals surface area (Å²) in [5.41, 5.74) is 2.60. The molecule has 0 spiro atoms. The molecule has 160 valence electrons. The molecule has 1 amide bonds. The third-order valence-electron chi connectivity index (χ3n) is 4.65. The van der Waals surface area contributed by atoms with Gasteiger partial charge in [0.05, 0.1) is 11.9 Å². The molecule has 32 heavy (non-hydrogen) atoms. The van der Waals surface area contributed by atoms with Crippen LogP contribution in [0.4, 0.5) is 5.69 Å². The summed E-state index contributed by atoms with van der Waals surface area (Å²) in [6, 6.07) is 30.2. The number of halogens is 1. The molecule has 0 atom stereocenters. The smallest absolute Gasteiger partial charge is 0.262 e. The second kappa shape index (κ2) is 10.5. The molecule has 1 N–H and O–H groups in total. The van der Waals surface area contributed by atoms with Crippen LogP contribution in [0.25, 0.3) is 0 Å². The van der Waals surface area contributed by atoms with E-state index < -0.39 is 0 Å². The highest BCUT2D eigenvalue weighted by molar-refractivity contribution is 6.30. The zero-order valence-electron chi connectivity index (χ0n) is 17.1. The number of nitrogens with one attached hydrogen (secondary N) is 1. The standard InChI is InChI=1S/C26H21ClN2O3/c27-21-11-14-23(15-12-21)31-18-24(30)29-22-13-16-25(28-17-22)32-26(19-7-3-1-4-8-19)20-9-5-2-6-10-20/h1-17,26H,18H2,(H,29,30). The summed E-state index contributed by atoms with van der Waals surface area (Å²) in [7, 11) is 0. The van der Waals surface area contributed by atoms with Crippen LogP contribution in [0.3, 0.4) is 0 Å². The number of rotatable bonds is 8. The highest BCUT2D eigenvalue weighted by Gasteiger charge is 2.16. The SMILES string of the molecule is O=C(COc1ccc(Cl)cc1)Nc1ccc(OC(c2ccccc2)c2ccccc2)nc1. The fraction of sp³-hybridized carbons (Fsp3) is 0.0769. The molecule has 5 nitrogen and oxygen atoms in total. The maximum absolute atomic E-state index is 12.2. The van der Waals surface area contributed by atoms with Gasteiger partial charge in [0.15, 0.2) is 12.7 Å². The molecule has 0 fully saturated rings. The van der Waals surface area contributed by atoms with Crippen molar-refractivity contribution in [3.8, 4) is 11.6 Å². The number of ether oxygens (including phenoxy) is 2. The van der Waals surface area contributed by atoms with E-state index in [0.29, 0.717) is 22.3 Å². The molecule has 0 saturated heterocycles. The lowest BCUT2D eigenvalue weighted by Gasteiger charge is -2.19. The minimum atomic E-state index is -0.293. The number of nitrogens with zero attached hydrogens (tertiary/aromatic N) is 1. The summed E-state index contributed by atoms with van der Waals surface area (Å²) in [5, 5.41) is 3.37. The van der Waals surface area contributed by atoms with Gasteiger partial charge >= 0.3 is 0 Å². The first-order chi connectivity index (χ1) is 15.7. The predicted molar refractivity (Wildman–Crippen MR) is 125 cm³/mol. The van der Waals surface area contributed by atoms with Crippen LogP contribution in [-0.2, 0) is 4.79 Å². The van der Waals surface area contributed by atoms with Crippen LogP contribution in [0.1, 0.15) is 17.2 Å². The van der Waals surface area contributed by atoms with Crippen molar-refractivity contribution < 1.29 is 14.3 Å². The second-order valence-corrected chi connectivity index (χ2v) is 7.43. The number of amides is 1. The van der Waals surface area contributed by atoms with E-state index in [0.717, 1.165) is 11.1 Å². The Kier molecular flexibility index (Phi) is 7.00. The van der Waals surface area contributed by atoms with Crippen molar-refractivity contribution >= 4 is 23.2 Å². The van der Waals surface area contributed by atoms with Gasteiger partial charge in [0.1, 0.15) is 5.75 Å². The Morgan fingerprint density at radius 1 is 0.844 bits per heavy atom. The molecule has 0 unspecified atom stereocenters. The molecule has 4 aromatic rings. The zero-order chi connectivity index (χ0) is 22.2. The van der Waals surface area contributed by atoms with E-state index >= 15 is 0 Å². The lowest BCUT2D eigenvalue weighted by molar-refractivity contribution is -0.118. The molecular weight excluding hydrogens is 424 g/mol. The first kappa shape index (κ1) is 21.4. The fourth-order valence-corrected chi connectivity index (χ4v) is 3.23. The van der Waals surface area contributed by atoms with E-state index in [9.17, 15) is 4.79 Å². The maximum atomic E-state index is 12.2. The van der Waals surface area contributed by atoms with Gasteiger partial charge in [0.25, 0.3) is 5.91 Å². The van der Waals surface area contributed by atoms with E-state index in [-0.39, 0.29) is 18.6 Å². The summed E-state index contributed by atoms with van der Waals surface area (Å²) in [6.07, 6.45) is 1.26. The van der Waals surface area contributed by atoms with Gasteiger partial charge in [-0.15, -0.1) is 0 Å². The third-order valence-corrected chi connectivity index (χ3v) is 4.90. The molecule has 0 bridgehead atoms. The number of carbonyl (C=O) groups is 1. The first-order valence-corrected chi connectivity index (χ1v) is 10.5. The van der Waals surface area contributed by atoms with Crippen molar-refractivity contribution in [1.29, 1.82) is 0 Å². The monoisotopic (exact) mass is 444 g/mol. The lowest BCUT2D eigenvalue weighted by Crippen LogP contribution is -2.20. The number of carbonyl (C=O) groups excluding carboxylic acids is 1. The fourth-order valence-electron chi connectivity index (χ4n) is 3.11. The topological polar surface area (TPSA) is 60.5 Å². The average Bonchev–Trinajstić information content (AvgIpc) is 2.84. The first-order valence-electron chi connectivity index (χ1n) is 10.1. The van der Waals surface area contributed by atoms with Crippen molar-refractivity contribution in [2.75, 3.05) is 11.9 Å². The summed E-state index contributed by atoms with van der Waals surface area (Å²) in [5.74, 6) is 0.735. The van der Waals surface area contributed by atoms with Crippen LogP contribution in [0, 0.1) is 0 Å². The Labute approximate surface area is 191 Å². The van der Waals surface area contributed by atoms with Crippen LogP contribution in [0.2, 0.25) is 5.02 Å². The number of hydrogen-bond acceptors (Lipinski definition) is 4. The molecular formula is C26H21ClN2O3. The van der Waals surface area contributed by atoms with Gasteiger partial charge in [-0.25, -0.2) is 4.98 Å². The molecule has 1 heterocycles. The quantitative estimate of drug-likeness (QED) is 0.366. The van der Waals surface area contributed by atoms with E-state index in [2.05, 4.69) is 10.3 Å². The minimum absolute atomic E-state index is 0.121. The van der Waals surface area contributed by atoms with Crippen molar-refractivity contribution in [2.24, 2.45) is 0 Å². The third kappa shape index (κ3) is 5.86. The van der Waals surface area contributed by atoms with E-state index in [4.69, 9.17) is 21.1 Å². The normalized spacial score (nSPS) is 10.6. The van der Waals surface area contributed by atoms with Crippen molar-refractivity contribution in [1.82, 2.24) is 4.98 Å². The Hall–Kier alpha value is -3.83. The predicted octanol–water partition coefficient (Wildman–Crippen LogP) is 5.92. The van der Waals surface area contributed by atoms with Crippen molar-refractivity contribution in [2.45, 2.75) is 6.10 Å². The van der Waals surface area contributed by atoms with Gasteiger partial charge in [0.2, 0.25) is 5.88 Å². The van der Waals surface area contributed by atoms with Crippen LogP contribution in [-0.4, -0.2) is 17.5 Å². The van der Waals surface area contributed by atoms with Gasteiger partial charge in [-0.3, -0.25) is 4.79 Å². The number of aromatic nitrogens is 1. The number of hydrogen-bond donors (Lipinski definition) is 1. The highest BCUT2D eigenvalue weighted by atomic mass is 35.5. The van der Waals surface area contributed by atoms with Crippen molar-refractivity contribution in [3.05, 3.63) is 119 Å². The van der Waals surface area contributed by atoms with Crippen LogP contribution >= 0.6 is 11.6 Å². The Balaban J connectivity index is 1.39. The number of benzene rings is 3.